The zero-order valence-electron chi connectivity index (χ0n) is 8.75. The minimum Gasteiger partial charge on any atom is -0.343 e. The van der Waals surface area contributed by atoms with Crippen molar-refractivity contribution in [2.75, 3.05) is 14.1 Å². The number of aryl methyl sites for hydroxylation is 1. The van der Waals surface area contributed by atoms with E-state index < -0.39 is 0 Å². The number of nitrogens with zero attached hydrogens (tertiary/aromatic N) is 3. The Morgan fingerprint density at radius 2 is 1.92 bits per heavy atom. The van der Waals surface area contributed by atoms with Gasteiger partial charge in [0.2, 0.25) is 0 Å². The van der Waals surface area contributed by atoms with Gasteiger partial charge in [-0.2, -0.15) is 0 Å². The lowest BCUT2D eigenvalue weighted by molar-refractivity contribution is 0.0821. The van der Waals surface area contributed by atoms with Crippen LogP contribution >= 0.6 is 0 Å². The van der Waals surface area contributed by atoms with Crippen molar-refractivity contribution in [3.05, 3.63) is 17.2 Å². The Morgan fingerprint density at radius 3 is 2.23 bits per heavy atom. The first-order valence-corrected chi connectivity index (χ1v) is 4.16. The molecule has 0 aliphatic heterocycles. The normalized spacial score (nSPS) is 10.2. The topological polar surface area (TPSA) is 38.1 Å². The van der Waals surface area contributed by atoms with Gasteiger partial charge in [0.1, 0.15) is 11.5 Å². The summed E-state index contributed by atoms with van der Waals surface area (Å²) in [7, 11) is 5.36. The van der Waals surface area contributed by atoms with Crippen LogP contribution in [0, 0.1) is 13.8 Å². The molecule has 0 atom stereocenters. The number of carbonyl (C=O) groups is 1. The largest absolute Gasteiger partial charge is 0.343 e. The van der Waals surface area contributed by atoms with Crippen molar-refractivity contribution in [1.82, 2.24) is 14.5 Å². The minimum atomic E-state index is -0.0406. The predicted molar refractivity (Wildman–Crippen MR) is 50.7 cm³/mol. The van der Waals surface area contributed by atoms with Crippen molar-refractivity contribution < 1.29 is 4.79 Å². The van der Waals surface area contributed by atoms with Gasteiger partial charge in [0.25, 0.3) is 5.91 Å². The highest BCUT2D eigenvalue weighted by Crippen LogP contribution is 2.09. The Kier molecular flexibility index (Phi) is 2.40. The second-order valence-corrected chi connectivity index (χ2v) is 3.35. The van der Waals surface area contributed by atoms with E-state index in [1.165, 1.54) is 4.90 Å². The van der Waals surface area contributed by atoms with E-state index in [1.807, 2.05) is 25.5 Å². The molecule has 4 nitrogen and oxygen atoms in total. The molecule has 0 radical (unpaired) electrons. The van der Waals surface area contributed by atoms with Crippen LogP contribution in [0.1, 0.15) is 22.0 Å². The van der Waals surface area contributed by atoms with Crippen LogP contribution in [0.2, 0.25) is 0 Å². The van der Waals surface area contributed by atoms with E-state index in [-0.39, 0.29) is 5.91 Å². The molecule has 0 aliphatic rings. The fraction of sp³-hybridized carbons (Fsp3) is 0.556. The van der Waals surface area contributed by atoms with E-state index >= 15 is 0 Å². The molecule has 72 valence electrons. The Balaban J connectivity index is 3.16. The Labute approximate surface area is 78.2 Å². The van der Waals surface area contributed by atoms with Gasteiger partial charge in [-0.15, -0.1) is 0 Å². The van der Waals surface area contributed by atoms with Crippen LogP contribution in [0.5, 0.6) is 0 Å². The zero-order valence-corrected chi connectivity index (χ0v) is 8.75. The van der Waals surface area contributed by atoms with Crippen molar-refractivity contribution in [3.63, 3.8) is 0 Å². The van der Waals surface area contributed by atoms with Crippen molar-refractivity contribution in [1.29, 1.82) is 0 Å². The monoisotopic (exact) mass is 181 g/mol. The highest BCUT2D eigenvalue weighted by molar-refractivity contribution is 5.93. The average Bonchev–Trinajstić information content (AvgIpc) is 2.31. The second kappa shape index (κ2) is 3.20. The molecule has 0 fully saturated rings. The quantitative estimate of drug-likeness (QED) is 0.641. The summed E-state index contributed by atoms with van der Waals surface area (Å²) in [5.74, 6) is 0.823. The summed E-state index contributed by atoms with van der Waals surface area (Å²) >= 11 is 0. The van der Waals surface area contributed by atoms with E-state index in [2.05, 4.69) is 4.98 Å². The predicted octanol–water partition coefficient (Wildman–Crippen LogP) is 0.739. The van der Waals surface area contributed by atoms with Crippen molar-refractivity contribution in [2.45, 2.75) is 13.8 Å². The van der Waals surface area contributed by atoms with E-state index in [0.29, 0.717) is 5.69 Å². The average molecular weight is 181 g/mol. The van der Waals surface area contributed by atoms with Crippen LogP contribution in [0.25, 0.3) is 0 Å². The Morgan fingerprint density at radius 1 is 1.38 bits per heavy atom. The smallest absolute Gasteiger partial charge is 0.273 e. The molecule has 1 heterocycles. The fourth-order valence-corrected chi connectivity index (χ4v) is 1.13. The molecule has 0 unspecified atom stereocenters. The van der Waals surface area contributed by atoms with Crippen molar-refractivity contribution in [3.8, 4) is 0 Å². The molecular weight excluding hydrogens is 166 g/mol. The maximum absolute atomic E-state index is 11.6. The van der Waals surface area contributed by atoms with Crippen LogP contribution in [-0.2, 0) is 7.05 Å². The summed E-state index contributed by atoms with van der Waals surface area (Å²) in [5, 5.41) is 0. The third-order valence-corrected chi connectivity index (χ3v) is 2.21. The molecule has 0 bridgehead atoms. The van der Waals surface area contributed by atoms with Crippen LogP contribution in [0.15, 0.2) is 0 Å². The Hall–Kier alpha value is -1.32. The lowest BCUT2D eigenvalue weighted by Crippen LogP contribution is -2.23. The van der Waals surface area contributed by atoms with Gasteiger partial charge in [-0.25, -0.2) is 4.98 Å². The Bertz CT molecular complexity index is 339. The first-order chi connectivity index (χ1) is 5.95. The molecule has 1 rings (SSSR count). The van der Waals surface area contributed by atoms with Crippen LogP contribution in [-0.4, -0.2) is 34.5 Å². The van der Waals surface area contributed by atoms with Crippen LogP contribution in [0.4, 0.5) is 0 Å². The molecule has 1 aromatic rings. The number of aromatic nitrogens is 2. The summed E-state index contributed by atoms with van der Waals surface area (Å²) in [6, 6.07) is 0. The summed E-state index contributed by atoms with van der Waals surface area (Å²) in [5.41, 5.74) is 1.46. The lowest BCUT2D eigenvalue weighted by Gasteiger charge is -2.08. The number of imidazole rings is 1. The number of hydrogen-bond acceptors (Lipinski definition) is 2. The molecule has 0 aliphatic carbocycles. The van der Waals surface area contributed by atoms with Gasteiger partial charge in [0, 0.05) is 26.8 Å². The SMILES string of the molecule is Cc1nc(C(=O)N(C)C)c(C)n1C. The highest BCUT2D eigenvalue weighted by atomic mass is 16.2. The van der Waals surface area contributed by atoms with E-state index in [0.717, 1.165) is 11.5 Å². The standard InChI is InChI=1S/C9H15N3O/c1-6-8(9(13)11(3)4)10-7(2)12(6)5/h1-5H3. The molecule has 0 N–H and O–H groups in total. The fourth-order valence-electron chi connectivity index (χ4n) is 1.13. The second-order valence-electron chi connectivity index (χ2n) is 3.35. The van der Waals surface area contributed by atoms with Gasteiger partial charge in [-0.3, -0.25) is 4.79 Å². The van der Waals surface area contributed by atoms with E-state index in [4.69, 9.17) is 0 Å². The molecule has 0 aromatic carbocycles. The van der Waals surface area contributed by atoms with Gasteiger partial charge in [0.05, 0.1) is 0 Å². The van der Waals surface area contributed by atoms with Gasteiger partial charge < -0.3 is 9.47 Å². The third kappa shape index (κ3) is 1.56. The molecule has 0 saturated heterocycles. The van der Waals surface area contributed by atoms with Crippen molar-refractivity contribution >= 4 is 5.91 Å². The molecule has 13 heavy (non-hydrogen) atoms. The van der Waals surface area contributed by atoms with Crippen LogP contribution < -0.4 is 0 Å². The summed E-state index contributed by atoms with van der Waals surface area (Å²) in [6.45, 7) is 3.79. The molecular formula is C9H15N3O. The summed E-state index contributed by atoms with van der Waals surface area (Å²) in [6.07, 6.45) is 0. The van der Waals surface area contributed by atoms with Crippen molar-refractivity contribution in [2.24, 2.45) is 7.05 Å². The van der Waals surface area contributed by atoms with Gasteiger partial charge in [-0.05, 0) is 13.8 Å². The van der Waals surface area contributed by atoms with Gasteiger partial charge in [0.15, 0.2) is 0 Å². The number of amides is 1. The first kappa shape index (κ1) is 9.77. The number of carbonyl (C=O) groups excluding carboxylic acids is 1. The molecule has 0 spiro atoms. The maximum Gasteiger partial charge on any atom is 0.273 e. The zero-order chi connectivity index (χ0) is 10.2. The van der Waals surface area contributed by atoms with E-state index in [1.54, 1.807) is 14.1 Å². The minimum absolute atomic E-state index is 0.0406. The first-order valence-electron chi connectivity index (χ1n) is 4.16. The molecule has 0 saturated carbocycles. The number of hydrogen-bond donors (Lipinski definition) is 0. The number of rotatable bonds is 1. The molecule has 1 amide bonds. The maximum atomic E-state index is 11.6. The summed E-state index contributed by atoms with van der Waals surface area (Å²) in [4.78, 5) is 17.3. The van der Waals surface area contributed by atoms with E-state index in [9.17, 15) is 4.79 Å². The summed E-state index contributed by atoms with van der Waals surface area (Å²) < 4.78 is 1.91. The lowest BCUT2D eigenvalue weighted by atomic mass is 10.3. The van der Waals surface area contributed by atoms with Crippen LogP contribution in [0.3, 0.4) is 0 Å². The molecule has 1 aromatic heterocycles. The molecule has 4 heteroatoms. The van der Waals surface area contributed by atoms with Gasteiger partial charge >= 0.3 is 0 Å². The highest BCUT2D eigenvalue weighted by Gasteiger charge is 2.16. The third-order valence-electron chi connectivity index (χ3n) is 2.21. The van der Waals surface area contributed by atoms with Gasteiger partial charge in [-0.1, -0.05) is 0 Å².